The molecule has 0 spiro atoms. The smallest absolute Gasteiger partial charge is 0.242 e. The number of carbonyl (C=O) groups is 3. The fourth-order valence-corrected chi connectivity index (χ4v) is 4.44. The first-order valence-corrected chi connectivity index (χ1v) is 9.39. The molecule has 2 heterocycles. The van der Waals surface area contributed by atoms with E-state index in [1.165, 1.54) is 4.90 Å². The summed E-state index contributed by atoms with van der Waals surface area (Å²) in [6, 6.07) is 0. The third kappa shape index (κ3) is 3.48. The fraction of sp³-hybridized carbons (Fsp3) is 0.833. The molecule has 2 saturated heterocycles. The molecule has 6 heteroatoms. The van der Waals surface area contributed by atoms with Crippen molar-refractivity contribution in [3.05, 3.63) is 0 Å². The van der Waals surface area contributed by atoms with Crippen LogP contribution < -0.4 is 5.32 Å². The van der Waals surface area contributed by atoms with Gasteiger partial charge < -0.3 is 10.2 Å². The van der Waals surface area contributed by atoms with E-state index in [-0.39, 0.29) is 36.1 Å². The summed E-state index contributed by atoms with van der Waals surface area (Å²) in [5, 5.41) is 3.17. The molecule has 0 aromatic heterocycles. The SMILES string of the molecule is CNCCC1CCN(C(=O)CN2C(=O)C3CCCCC3C2=O)CC1. The summed E-state index contributed by atoms with van der Waals surface area (Å²) in [5.41, 5.74) is 0. The average molecular weight is 335 g/mol. The highest BCUT2D eigenvalue weighted by molar-refractivity contribution is 6.07. The maximum atomic E-state index is 12.5. The van der Waals surface area contributed by atoms with E-state index in [0.717, 1.165) is 64.6 Å². The number of hydrogen-bond donors (Lipinski definition) is 1. The molecule has 0 aromatic rings. The maximum Gasteiger partial charge on any atom is 0.242 e. The molecule has 0 bridgehead atoms. The van der Waals surface area contributed by atoms with Gasteiger partial charge in [0.2, 0.25) is 17.7 Å². The topological polar surface area (TPSA) is 69.7 Å². The lowest BCUT2D eigenvalue weighted by molar-refractivity contribution is -0.147. The lowest BCUT2D eigenvalue weighted by Crippen LogP contribution is -2.46. The Morgan fingerprint density at radius 1 is 1.04 bits per heavy atom. The molecule has 1 N–H and O–H groups in total. The van der Waals surface area contributed by atoms with E-state index in [9.17, 15) is 14.4 Å². The minimum atomic E-state index is -0.161. The van der Waals surface area contributed by atoms with Gasteiger partial charge in [0.1, 0.15) is 6.54 Å². The van der Waals surface area contributed by atoms with Crippen LogP contribution in [0.4, 0.5) is 0 Å². The molecule has 1 saturated carbocycles. The molecular weight excluding hydrogens is 306 g/mol. The minimum Gasteiger partial charge on any atom is -0.341 e. The molecule has 3 amide bonds. The summed E-state index contributed by atoms with van der Waals surface area (Å²) in [6.45, 7) is 2.45. The zero-order chi connectivity index (χ0) is 17.1. The summed E-state index contributed by atoms with van der Waals surface area (Å²) in [6.07, 6.45) is 6.81. The normalized spacial score (nSPS) is 28.4. The van der Waals surface area contributed by atoms with Crippen LogP contribution in [0.5, 0.6) is 0 Å². The standard InChI is InChI=1S/C18H29N3O3/c1-19-9-6-13-7-10-20(11-8-13)16(22)12-21-17(23)14-4-2-3-5-15(14)18(21)24/h13-15,19H,2-12H2,1H3. The number of carbonyl (C=O) groups excluding carboxylic acids is 3. The quantitative estimate of drug-likeness (QED) is 0.761. The van der Waals surface area contributed by atoms with E-state index in [0.29, 0.717) is 5.92 Å². The van der Waals surface area contributed by atoms with E-state index in [1.807, 2.05) is 11.9 Å². The number of likely N-dealkylation sites (tertiary alicyclic amines) is 2. The van der Waals surface area contributed by atoms with Crippen molar-refractivity contribution in [3.8, 4) is 0 Å². The van der Waals surface area contributed by atoms with Gasteiger partial charge in [0.05, 0.1) is 11.8 Å². The average Bonchev–Trinajstić information content (AvgIpc) is 2.85. The Bertz CT molecular complexity index is 476. The predicted octanol–water partition coefficient (Wildman–Crippen LogP) is 1.01. The number of nitrogens with one attached hydrogen (secondary N) is 1. The molecular formula is C18H29N3O3. The van der Waals surface area contributed by atoms with Gasteiger partial charge in [0.15, 0.2) is 0 Å². The van der Waals surface area contributed by atoms with Gasteiger partial charge in [-0.2, -0.15) is 0 Å². The molecule has 3 rings (SSSR count). The van der Waals surface area contributed by atoms with Gasteiger partial charge in [0, 0.05) is 13.1 Å². The molecule has 0 radical (unpaired) electrons. The number of fused-ring (bicyclic) bond motifs is 1. The van der Waals surface area contributed by atoms with Crippen LogP contribution in [-0.2, 0) is 14.4 Å². The minimum absolute atomic E-state index is 0.0498. The zero-order valence-electron chi connectivity index (χ0n) is 14.6. The number of rotatable bonds is 5. The highest BCUT2D eigenvalue weighted by atomic mass is 16.2. The van der Waals surface area contributed by atoms with Gasteiger partial charge in [-0.3, -0.25) is 19.3 Å². The van der Waals surface area contributed by atoms with Crippen LogP contribution in [0.15, 0.2) is 0 Å². The van der Waals surface area contributed by atoms with Gasteiger partial charge >= 0.3 is 0 Å². The van der Waals surface area contributed by atoms with Gasteiger partial charge in [-0.05, 0) is 51.6 Å². The Hall–Kier alpha value is -1.43. The molecule has 6 nitrogen and oxygen atoms in total. The Kier molecular flexibility index (Phi) is 5.54. The molecule has 0 aromatic carbocycles. The van der Waals surface area contributed by atoms with Gasteiger partial charge in [-0.1, -0.05) is 12.8 Å². The summed E-state index contributed by atoms with van der Waals surface area (Å²) < 4.78 is 0. The zero-order valence-corrected chi connectivity index (χ0v) is 14.6. The molecule has 1 aliphatic carbocycles. The molecule has 3 fully saturated rings. The van der Waals surface area contributed by atoms with Crippen LogP contribution in [0, 0.1) is 17.8 Å². The lowest BCUT2D eigenvalue weighted by Gasteiger charge is -2.33. The number of imide groups is 1. The largest absolute Gasteiger partial charge is 0.341 e. The fourth-order valence-electron chi connectivity index (χ4n) is 4.44. The highest BCUT2D eigenvalue weighted by Gasteiger charge is 2.48. The van der Waals surface area contributed by atoms with E-state index < -0.39 is 0 Å². The number of piperidine rings is 1. The molecule has 134 valence electrons. The Morgan fingerprint density at radius 3 is 2.17 bits per heavy atom. The van der Waals surface area contributed by atoms with Crippen LogP contribution in [0.3, 0.4) is 0 Å². The van der Waals surface area contributed by atoms with Crippen molar-refractivity contribution < 1.29 is 14.4 Å². The first-order valence-electron chi connectivity index (χ1n) is 9.39. The third-order valence-corrected chi connectivity index (χ3v) is 6.00. The monoisotopic (exact) mass is 335 g/mol. The molecule has 2 atom stereocenters. The Morgan fingerprint density at radius 2 is 1.62 bits per heavy atom. The van der Waals surface area contributed by atoms with Crippen molar-refractivity contribution in [2.45, 2.75) is 44.9 Å². The molecule has 3 aliphatic rings. The summed E-state index contributed by atoms with van der Waals surface area (Å²) in [7, 11) is 1.96. The van der Waals surface area contributed by atoms with Crippen molar-refractivity contribution in [3.63, 3.8) is 0 Å². The predicted molar refractivity (Wildman–Crippen MR) is 90.0 cm³/mol. The van der Waals surface area contributed by atoms with Crippen molar-refractivity contribution >= 4 is 17.7 Å². The van der Waals surface area contributed by atoms with Crippen molar-refractivity contribution in [1.82, 2.24) is 15.1 Å². The number of amides is 3. The Labute approximate surface area is 143 Å². The van der Waals surface area contributed by atoms with E-state index in [1.54, 1.807) is 0 Å². The van der Waals surface area contributed by atoms with Crippen LogP contribution in [0.1, 0.15) is 44.9 Å². The van der Waals surface area contributed by atoms with Crippen molar-refractivity contribution in [2.75, 3.05) is 33.2 Å². The van der Waals surface area contributed by atoms with E-state index in [2.05, 4.69) is 5.32 Å². The second kappa shape index (κ2) is 7.64. The van der Waals surface area contributed by atoms with Crippen LogP contribution in [0.25, 0.3) is 0 Å². The summed E-state index contributed by atoms with van der Waals surface area (Å²) in [5.74, 6) is 0.0587. The van der Waals surface area contributed by atoms with Gasteiger partial charge in [0.25, 0.3) is 0 Å². The summed E-state index contributed by atoms with van der Waals surface area (Å²) >= 11 is 0. The van der Waals surface area contributed by atoms with Gasteiger partial charge in [-0.25, -0.2) is 0 Å². The van der Waals surface area contributed by atoms with E-state index >= 15 is 0 Å². The second-order valence-corrected chi connectivity index (χ2v) is 7.48. The van der Waals surface area contributed by atoms with E-state index in [4.69, 9.17) is 0 Å². The van der Waals surface area contributed by atoms with Gasteiger partial charge in [-0.15, -0.1) is 0 Å². The molecule has 2 unspecified atom stereocenters. The van der Waals surface area contributed by atoms with Crippen molar-refractivity contribution in [1.29, 1.82) is 0 Å². The number of hydrogen-bond acceptors (Lipinski definition) is 4. The molecule has 24 heavy (non-hydrogen) atoms. The Balaban J connectivity index is 1.52. The first kappa shape index (κ1) is 17.4. The second-order valence-electron chi connectivity index (χ2n) is 7.48. The van der Waals surface area contributed by atoms with Crippen molar-refractivity contribution in [2.24, 2.45) is 17.8 Å². The van der Waals surface area contributed by atoms with Crippen LogP contribution >= 0.6 is 0 Å². The number of nitrogens with zero attached hydrogens (tertiary/aromatic N) is 2. The first-order chi connectivity index (χ1) is 11.6. The lowest BCUT2D eigenvalue weighted by atomic mass is 9.81. The van der Waals surface area contributed by atoms with Crippen LogP contribution in [-0.4, -0.2) is 60.7 Å². The highest BCUT2D eigenvalue weighted by Crippen LogP contribution is 2.38. The third-order valence-electron chi connectivity index (χ3n) is 6.00. The van der Waals surface area contributed by atoms with Crippen LogP contribution in [0.2, 0.25) is 0 Å². The molecule has 2 aliphatic heterocycles. The summed E-state index contributed by atoms with van der Waals surface area (Å²) in [4.78, 5) is 40.5. The maximum absolute atomic E-state index is 12.5.